The molecule has 6 aromatic rings. The highest BCUT2D eigenvalue weighted by Crippen LogP contribution is 2.31. The molecule has 0 aliphatic carbocycles. The van der Waals surface area contributed by atoms with E-state index in [1.165, 1.54) is 28.7 Å². The molecular weight excluding hydrogens is 574 g/mol. The molecule has 0 N–H and O–H groups in total. The number of hydrogen-bond donors (Lipinski definition) is 0. The fourth-order valence-electron chi connectivity index (χ4n) is 3.40. The summed E-state index contributed by atoms with van der Waals surface area (Å²) in [5, 5.41) is 4.79. The second-order valence-corrected chi connectivity index (χ2v) is 8.97. The Morgan fingerprint density at radius 3 is 1.29 bits per heavy atom. The lowest BCUT2D eigenvalue weighted by Crippen LogP contribution is -1.71. The number of para-hydroxylation sites is 2. The average molecular weight is 588 g/mol. The van der Waals surface area contributed by atoms with Gasteiger partial charge in [-0.2, -0.15) is 0 Å². The van der Waals surface area contributed by atoms with Gasteiger partial charge in [0.2, 0.25) is 0 Å². The van der Waals surface area contributed by atoms with Gasteiger partial charge in [0, 0.05) is 28.7 Å². The van der Waals surface area contributed by atoms with E-state index in [0.717, 1.165) is 22.3 Å². The summed E-state index contributed by atoms with van der Waals surface area (Å²) < 4.78 is 13.9. The van der Waals surface area contributed by atoms with Crippen LogP contribution in [0.4, 0.5) is 0 Å². The largest absolute Gasteiger partial charge is 0.456 e. The SMILES string of the molecule is Ic1ccc2oc3ccc(I)cc3c2c1.c1ccc2c(c1)oc1ccccc12. The van der Waals surface area contributed by atoms with Crippen LogP contribution in [-0.2, 0) is 0 Å². The average Bonchev–Trinajstić information content (AvgIpc) is 3.26. The summed E-state index contributed by atoms with van der Waals surface area (Å²) in [5.74, 6) is 0. The number of furan rings is 2. The molecule has 4 aromatic carbocycles. The normalized spacial score (nSPS) is 11.2. The molecule has 0 unspecified atom stereocenters. The van der Waals surface area contributed by atoms with E-state index in [4.69, 9.17) is 8.83 Å². The van der Waals surface area contributed by atoms with Gasteiger partial charge in [-0.05, 0) is 93.7 Å². The summed E-state index contributed by atoms with van der Waals surface area (Å²) >= 11 is 4.65. The molecule has 2 aromatic heterocycles. The third-order valence-corrected chi connectivity index (χ3v) is 6.02. The second kappa shape index (κ2) is 7.40. The Morgan fingerprint density at radius 1 is 0.429 bits per heavy atom. The van der Waals surface area contributed by atoms with Gasteiger partial charge in [-0.3, -0.25) is 0 Å². The predicted octanol–water partition coefficient (Wildman–Crippen LogP) is 8.38. The van der Waals surface area contributed by atoms with Gasteiger partial charge in [-0.1, -0.05) is 36.4 Å². The standard InChI is InChI=1S/C12H6I2O.C12H8O/c13-7-1-3-11-9(5-7)10-6-8(14)2-4-12(10)15-11;1-3-7-11-9(5-1)10-6-2-4-8-12(10)13-11/h1-6H;1-8H. The van der Waals surface area contributed by atoms with E-state index < -0.39 is 0 Å². The van der Waals surface area contributed by atoms with E-state index >= 15 is 0 Å². The van der Waals surface area contributed by atoms with Crippen LogP contribution in [0.2, 0.25) is 0 Å². The van der Waals surface area contributed by atoms with Crippen molar-refractivity contribution < 1.29 is 8.83 Å². The maximum Gasteiger partial charge on any atom is 0.135 e. The Bertz CT molecular complexity index is 1340. The number of hydrogen-bond acceptors (Lipinski definition) is 2. The van der Waals surface area contributed by atoms with Crippen LogP contribution in [0.3, 0.4) is 0 Å². The summed E-state index contributed by atoms with van der Waals surface area (Å²) in [7, 11) is 0. The highest BCUT2D eigenvalue weighted by atomic mass is 127. The summed E-state index contributed by atoms with van der Waals surface area (Å²) in [6.45, 7) is 0. The highest BCUT2D eigenvalue weighted by Gasteiger charge is 2.07. The Kier molecular flexibility index (Phi) is 4.76. The Balaban J connectivity index is 0.000000123. The minimum atomic E-state index is 0.962. The Labute approximate surface area is 188 Å². The molecule has 0 atom stereocenters. The third kappa shape index (κ3) is 3.28. The van der Waals surface area contributed by atoms with Gasteiger partial charge < -0.3 is 8.83 Å². The van der Waals surface area contributed by atoms with Crippen molar-refractivity contribution in [2.24, 2.45) is 0 Å². The lowest BCUT2D eigenvalue weighted by Gasteiger charge is -1.91. The number of rotatable bonds is 0. The molecule has 0 spiro atoms. The van der Waals surface area contributed by atoms with Crippen molar-refractivity contribution in [2.45, 2.75) is 0 Å². The van der Waals surface area contributed by atoms with Crippen molar-refractivity contribution >= 4 is 89.1 Å². The first kappa shape index (κ1) is 18.0. The smallest absolute Gasteiger partial charge is 0.135 e. The molecule has 0 radical (unpaired) electrons. The molecule has 0 aliphatic heterocycles. The molecule has 0 saturated heterocycles. The lowest BCUT2D eigenvalue weighted by molar-refractivity contribution is 0.668. The van der Waals surface area contributed by atoms with Crippen LogP contribution in [0, 0.1) is 7.14 Å². The molecule has 0 bridgehead atoms. The first-order valence-electron chi connectivity index (χ1n) is 8.83. The molecule has 2 heterocycles. The zero-order valence-corrected chi connectivity index (χ0v) is 19.0. The highest BCUT2D eigenvalue weighted by molar-refractivity contribution is 14.1. The summed E-state index contributed by atoms with van der Waals surface area (Å²) in [4.78, 5) is 0. The van der Waals surface area contributed by atoms with E-state index in [0.29, 0.717) is 0 Å². The molecule has 0 amide bonds. The van der Waals surface area contributed by atoms with Gasteiger partial charge in [-0.15, -0.1) is 0 Å². The number of benzene rings is 4. The quantitative estimate of drug-likeness (QED) is 0.167. The van der Waals surface area contributed by atoms with Gasteiger partial charge in [-0.25, -0.2) is 0 Å². The summed E-state index contributed by atoms with van der Waals surface area (Å²) in [6, 6.07) is 28.7. The first-order valence-corrected chi connectivity index (χ1v) is 11.0. The van der Waals surface area contributed by atoms with Crippen LogP contribution in [0.15, 0.2) is 93.8 Å². The summed E-state index contributed by atoms with van der Waals surface area (Å²) in [5.41, 5.74) is 3.85. The fourth-order valence-corrected chi connectivity index (χ4v) is 4.38. The molecule has 0 aliphatic rings. The van der Waals surface area contributed by atoms with Crippen LogP contribution in [0.25, 0.3) is 43.9 Å². The monoisotopic (exact) mass is 588 g/mol. The molecule has 4 heteroatoms. The van der Waals surface area contributed by atoms with E-state index in [1.54, 1.807) is 0 Å². The third-order valence-electron chi connectivity index (χ3n) is 4.68. The van der Waals surface area contributed by atoms with Crippen molar-refractivity contribution in [3.8, 4) is 0 Å². The zero-order valence-electron chi connectivity index (χ0n) is 14.7. The fraction of sp³-hybridized carbons (Fsp3) is 0. The zero-order chi connectivity index (χ0) is 19.1. The molecule has 28 heavy (non-hydrogen) atoms. The van der Waals surface area contributed by atoms with Gasteiger partial charge >= 0.3 is 0 Å². The van der Waals surface area contributed by atoms with Crippen LogP contribution >= 0.6 is 45.2 Å². The molecule has 2 nitrogen and oxygen atoms in total. The second-order valence-electron chi connectivity index (χ2n) is 6.48. The molecule has 0 fully saturated rings. The minimum Gasteiger partial charge on any atom is -0.456 e. The number of fused-ring (bicyclic) bond motifs is 6. The summed E-state index contributed by atoms with van der Waals surface area (Å²) in [6.07, 6.45) is 0. The maximum absolute atomic E-state index is 5.76. The predicted molar refractivity (Wildman–Crippen MR) is 133 cm³/mol. The molecule has 6 rings (SSSR count). The van der Waals surface area contributed by atoms with Crippen molar-refractivity contribution in [2.75, 3.05) is 0 Å². The van der Waals surface area contributed by atoms with Gasteiger partial charge in [0.15, 0.2) is 0 Å². The van der Waals surface area contributed by atoms with Crippen LogP contribution in [0.1, 0.15) is 0 Å². The van der Waals surface area contributed by atoms with E-state index in [-0.39, 0.29) is 0 Å². The van der Waals surface area contributed by atoms with Crippen molar-refractivity contribution in [1.29, 1.82) is 0 Å². The first-order chi connectivity index (χ1) is 13.7. The van der Waals surface area contributed by atoms with Gasteiger partial charge in [0.1, 0.15) is 22.3 Å². The minimum absolute atomic E-state index is 0.962. The molecule has 136 valence electrons. The Hall–Kier alpha value is -2.06. The Morgan fingerprint density at radius 2 is 0.821 bits per heavy atom. The van der Waals surface area contributed by atoms with Crippen molar-refractivity contribution in [3.63, 3.8) is 0 Å². The van der Waals surface area contributed by atoms with Crippen molar-refractivity contribution in [3.05, 3.63) is 92.1 Å². The van der Waals surface area contributed by atoms with E-state index in [1.807, 2.05) is 48.5 Å². The van der Waals surface area contributed by atoms with Gasteiger partial charge in [0.05, 0.1) is 0 Å². The maximum atomic E-state index is 5.76. The topological polar surface area (TPSA) is 26.3 Å². The van der Waals surface area contributed by atoms with E-state index in [9.17, 15) is 0 Å². The molecule has 0 saturated carbocycles. The van der Waals surface area contributed by atoms with Gasteiger partial charge in [0.25, 0.3) is 0 Å². The molecular formula is C24H14I2O2. The van der Waals surface area contributed by atoms with Crippen molar-refractivity contribution in [1.82, 2.24) is 0 Å². The van der Waals surface area contributed by atoms with Crippen LogP contribution in [-0.4, -0.2) is 0 Å². The van der Waals surface area contributed by atoms with Crippen LogP contribution < -0.4 is 0 Å². The lowest BCUT2D eigenvalue weighted by atomic mass is 10.2. The van der Waals surface area contributed by atoms with E-state index in [2.05, 4.69) is 81.6 Å². The number of halogens is 2. The van der Waals surface area contributed by atoms with Crippen LogP contribution in [0.5, 0.6) is 0 Å².